The van der Waals surface area contributed by atoms with Crippen molar-refractivity contribution in [2.45, 2.75) is 32.6 Å². The Hall–Kier alpha value is -3.02. The number of anilines is 1. The zero-order chi connectivity index (χ0) is 20.5. The lowest BCUT2D eigenvalue weighted by atomic mass is 9.86. The van der Waals surface area contributed by atoms with Gasteiger partial charge in [-0.1, -0.05) is 63.2 Å². The predicted molar refractivity (Wildman–Crippen MR) is 107 cm³/mol. The molecule has 28 heavy (non-hydrogen) atoms. The fourth-order valence-electron chi connectivity index (χ4n) is 3.03. The van der Waals surface area contributed by atoms with Crippen LogP contribution in [0.4, 0.5) is 14.5 Å². The van der Waals surface area contributed by atoms with E-state index in [2.05, 4.69) is 43.3 Å². The molecule has 2 aromatic carbocycles. The highest BCUT2D eigenvalue weighted by molar-refractivity contribution is 6.06. The lowest BCUT2D eigenvalue weighted by Gasteiger charge is -2.19. The minimum absolute atomic E-state index is 0.0399. The van der Waals surface area contributed by atoms with Crippen LogP contribution in [-0.4, -0.2) is 15.7 Å². The molecule has 0 spiro atoms. The third kappa shape index (κ3) is 4.11. The molecule has 3 rings (SSSR count). The fraction of sp³-hybridized carbons (Fsp3) is 0.273. The Balaban J connectivity index is 1.92. The minimum atomic E-state index is -2.82. The lowest BCUT2D eigenvalue weighted by Crippen LogP contribution is -2.14. The van der Waals surface area contributed by atoms with Gasteiger partial charge in [-0.15, -0.1) is 0 Å². The molecular formula is C22H23F2N3O. The standard InChI is InChI=1S/C22H23F2N3O/c1-22(2,3)15-11-9-14(10-12-15)16-7-5-6-8-18(16)25-21(28)17-13-27(4)26-19(17)20(23)24/h5-13,20H,1-4H3,(H,25,28). The number of carbonyl (C=O) groups excluding carboxylic acids is 1. The molecule has 1 N–H and O–H groups in total. The third-order valence-corrected chi connectivity index (χ3v) is 4.55. The zero-order valence-corrected chi connectivity index (χ0v) is 16.3. The first-order chi connectivity index (χ1) is 13.2. The van der Waals surface area contributed by atoms with Crippen LogP contribution >= 0.6 is 0 Å². The van der Waals surface area contributed by atoms with E-state index in [0.29, 0.717) is 5.69 Å². The Morgan fingerprint density at radius 1 is 1.07 bits per heavy atom. The van der Waals surface area contributed by atoms with Crippen LogP contribution in [-0.2, 0) is 12.5 Å². The van der Waals surface area contributed by atoms with Crippen molar-refractivity contribution in [3.05, 3.63) is 71.5 Å². The van der Waals surface area contributed by atoms with E-state index in [0.717, 1.165) is 11.1 Å². The smallest absolute Gasteiger partial charge is 0.282 e. The summed E-state index contributed by atoms with van der Waals surface area (Å²) in [4.78, 5) is 12.6. The first kappa shape index (κ1) is 19.7. The Labute approximate surface area is 163 Å². The third-order valence-electron chi connectivity index (χ3n) is 4.55. The minimum Gasteiger partial charge on any atom is -0.321 e. The van der Waals surface area contributed by atoms with Crippen LogP contribution in [0.3, 0.4) is 0 Å². The lowest BCUT2D eigenvalue weighted by molar-refractivity contribution is 0.101. The van der Waals surface area contributed by atoms with Gasteiger partial charge in [0.25, 0.3) is 12.3 Å². The van der Waals surface area contributed by atoms with Crippen molar-refractivity contribution in [1.29, 1.82) is 0 Å². The molecule has 0 aliphatic carbocycles. The molecule has 1 aromatic heterocycles. The number of nitrogens with zero attached hydrogens (tertiary/aromatic N) is 2. The van der Waals surface area contributed by atoms with Crippen LogP contribution in [0.15, 0.2) is 54.7 Å². The second kappa shape index (κ2) is 7.54. The largest absolute Gasteiger partial charge is 0.321 e. The van der Waals surface area contributed by atoms with E-state index in [1.165, 1.54) is 23.5 Å². The number of para-hydroxylation sites is 1. The SMILES string of the molecule is Cn1cc(C(=O)Nc2ccccc2-c2ccc(C(C)(C)C)cc2)c(C(F)F)n1. The second-order valence-corrected chi connectivity index (χ2v) is 7.73. The molecule has 0 saturated heterocycles. The Bertz CT molecular complexity index is 986. The van der Waals surface area contributed by atoms with Gasteiger partial charge in [0.05, 0.1) is 5.56 Å². The van der Waals surface area contributed by atoms with Crippen molar-refractivity contribution < 1.29 is 13.6 Å². The number of hydrogen-bond acceptors (Lipinski definition) is 2. The number of rotatable bonds is 4. The number of carbonyl (C=O) groups is 1. The second-order valence-electron chi connectivity index (χ2n) is 7.73. The number of hydrogen-bond donors (Lipinski definition) is 1. The van der Waals surface area contributed by atoms with Gasteiger partial charge in [-0.2, -0.15) is 5.10 Å². The number of benzene rings is 2. The van der Waals surface area contributed by atoms with Gasteiger partial charge in [0, 0.05) is 24.5 Å². The van der Waals surface area contributed by atoms with E-state index in [1.54, 1.807) is 12.1 Å². The molecule has 0 bridgehead atoms. The maximum Gasteiger partial charge on any atom is 0.282 e. The van der Waals surface area contributed by atoms with Crippen LogP contribution in [0.1, 0.15) is 48.8 Å². The van der Waals surface area contributed by atoms with Gasteiger partial charge in [0.1, 0.15) is 5.69 Å². The normalized spacial score (nSPS) is 11.7. The predicted octanol–water partition coefficient (Wildman–Crippen LogP) is 5.57. The van der Waals surface area contributed by atoms with Gasteiger partial charge in [-0.25, -0.2) is 8.78 Å². The van der Waals surface area contributed by atoms with Crippen LogP contribution < -0.4 is 5.32 Å². The summed E-state index contributed by atoms with van der Waals surface area (Å²) in [6.07, 6.45) is -1.51. The maximum atomic E-state index is 13.2. The van der Waals surface area contributed by atoms with Gasteiger partial charge < -0.3 is 5.32 Å². The summed E-state index contributed by atoms with van der Waals surface area (Å²) in [7, 11) is 1.51. The van der Waals surface area contributed by atoms with E-state index < -0.39 is 18.0 Å². The van der Waals surface area contributed by atoms with Crippen molar-refractivity contribution in [1.82, 2.24) is 9.78 Å². The highest BCUT2D eigenvalue weighted by Crippen LogP contribution is 2.31. The molecule has 0 saturated carbocycles. The van der Waals surface area contributed by atoms with Gasteiger partial charge in [0.2, 0.25) is 0 Å². The Morgan fingerprint density at radius 2 is 1.71 bits per heavy atom. The number of aryl methyl sites for hydroxylation is 1. The Kier molecular flexibility index (Phi) is 5.31. The average molecular weight is 383 g/mol. The molecule has 146 valence electrons. The van der Waals surface area contributed by atoms with Crippen molar-refractivity contribution in [2.75, 3.05) is 5.32 Å². The first-order valence-electron chi connectivity index (χ1n) is 9.00. The van der Waals surface area contributed by atoms with Crippen molar-refractivity contribution >= 4 is 11.6 Å². The molecular weight excluding hydrogens is 360 g/mol. The van der Waals surface area contributed by atoms with E-state index >= 15 is 0 Å². The molecule has 0 unspecified atom stereocenters. The van der Waals surface area contributed by atoms with Crippen LogP contribution in [0.2, 0.25) is 0 Å². The number of alkyl halides is 2. The molecule has 6 heteroatoms. The van der Waals surface area contributed by atoms with Crippen LogP contribution in [0.5, 0.6) is 0 Å². The molecule has 0 radical (unpaired) electrons. The molecule has 1 amide bonds. The summed E-state index contributed by atoms with van der Waals surface area (Å²) in [5.74, 6) is -0.609. The summed E-state index contributed by atoms with van der Waals surface area (Å²) >= 11 is 0. The van der Waals surface area contributed by atoms with E-state index in [-0.39, 0.29) is 11.0 Å². The molecule has 0 fully saturated rings. The summed E-state index contributed by atoms with van der Waals surface area (Å²) in [6, 6.07) is 15.4. The van der Waals surface area contributed by atoms with Crippen LogP contribution in [0.25, 0.3) is 11.1 Å². The molecule has 0 aliphatic rings. The monoisotopic (exact) mass is 383 g/mol. The highest BCUT2D eigenvalue weighted by Gasteiger charge is 2.23. The number of amides is 1. The molecule has 4 nitrogen and oxygen atoms in total. The zero-order valence-electron chi connectivity index (χ0n) is 16.3. The topological polar surface area (TPSA) is 46.9 Å². The highest BCUT2D eigenvalue weighted by atomic mass is 19.3. The van der Waals surface area contributed by atoms with Gasteiger partial charge in [0.15, 0.2) is 0 Å². The maximum absolute atomic E-state index is 13.2. The van der Waals surface area contributed by atoms with Gasteiger partial charge in [-0.05, 0) is 22.6 Å². The van der Waals surface area contributed by atoms with Gasteiger partial charge in [-0.3, -0.25) is 9.48 Å². The van der Waals surface area contributed by atoms with E-state index in [4.69, 9.17) is 0 Å². The molecule has 1 heterocycles. The summed E-state index contributed by atoms with van der Waals surface area (Å²) in [5, 5.41) is 6.45. The quantitative estimate of drug-likeness (QED) is 0.640. The molecule has 3 aromatic rings. The summed E-state index contributed by atoms with van der Waals surface area (Å²) < 4.78 is 27.5. The average Bonchev–Trinajstić information content (AvgIpc) is 3.04. The number of aromatic nitrogens is 2. The fourth-order valence-corrected chi connectivity index (χ4v) is 3.03. The van der Waals surface area contributed by atoms with Crippen LogP contribution in [0, 0.1) is 0 Å². The first-order valence-corrected chi connectivity index (χ1v) is 9.00. The molecule has 0 atom stereocenters. The summed E-state index contributed by atoms with van der Waals surface area (Å²) in [6.45, 7) is 6.43. The Morgan fingerprint density at radius 3 is 2.32 bits per heavy atom. The molecule has 0 aliphatic heterocycles. The summed E-state index contributed by atoms with van der Waals surface area (Å²) in [5.41, 5.74) is 2.90. The van der Waals surface area contributed by atoms with Crippen molar-refractivity contribution in [3.8, 4) is 11.1 Å². The van der Waals surface area contributed by atoms with Crippen molar-refractivity contribution in [2.24, 2.45) is 7.05 Å². The van der Waals surface area contributed by atoms with Gasteiger partial charge >= 0.3 is 0 Å². The van der Waals surface area contributed by atoms with E-state index in [1.807, 2.05) is 24.3 Å². The van der Waals surface area contributed by atoms with Crippen molar-refractivity contribution in [3.63, 3.8) is 0 Å². The van der Waals surface area contributed by atoms with E-state index in [9.17, 15) is 13.6 Å². The number of nitrogens with one attached hydrogen (secondary N) is 1. The number of halogens is 2.